The van der Waals surface area contributed by atoms with Crippen LogP contribution < -0.4 is 0 Å². The molecule has 1 aromatic rings. The molecular weight excluding hydrogens is 414 g/mol. The number of carbonyl (C=O) groups excluding carboxylic acids is 1. The molecule has 4 fully saturated rings. The van der Waals surface area contributed by atoms with Crippen LogP contribution in [0.1, 0.15) is 83.3 Å². The molecule has 0 aromatic carbocycles. The second-order valence-electron chi connectivity index (χ2n) is 12.0. The lowest BCUT2D eigenvalue weighted by Crippen LogP contribution is -2.53. The van der Waals surface area contributed by atoms with Gasteiger partial charge in [0.05, 0.1) is 18.5 Å². The van der Waals surface area contributed by atoms with Crippen LogP contribution in [0, 0.1) is 34.5 Å². The van der Waals surface area contributed by atoms with Crippen molar-refractivity contribution >= 4 is 11.5 Å². The molecule has 4 aliphatic carbocycles. The Kier molecular flexibility index (Phi) is 6.17. The summed E-state index contributed by atoms with van der Waals surface area (Å²) in [5.74, 6) is 5.03. The van der Waals surface area contributed by atoms with Crippen LogP contribution in [0.5, 0.6) is 0 Å². The van der Waals surface area contributed by atoms with Crippen molar-refractivity contribution in [2.45, 2.75) is 84.6 Å². The van der Waals surface area contributed by atoms with Crippen molar-refractivity contribution in [3.8, 4) is 0 Å². The van der Waals surface area contributed by atoms with Gasteiger partial charge in [-0.05, 0) is 94.5 Å². The predicted molar refractivity (Wildman–Crippen MR) is 128 cm³/mol. The van der Waals surface area contributed by atoms with Crippen LogP contribution in [0.4, 0.5) is 0 Å². The summed E-state index contributed by atoms with van der Waals surface area (Å²) in [4.78, 5) is 24.7. The van der Waals surface area contributed by atoms with Crippen molar-refractivity contribution in [1.82, 2.24) is 9.88 Å². The quantitative estimate of drug-likeness (QED) is 0.432. The Morgan fingerprint density at radius 3 is 2.82 bits per heavy atom. The first kappa shape index (κ1) is 23.1. The summed E-state index contributed by atoms with van der Waals surface area (Å²) < 4.78 is 5.76. The maximum absolute atomic E-state index is 12.6. The Bertz CT molecular complexity index is 908. The number of oxazole rings is 1. The van der Waals surface area contributed by atoms with Gasteiger partial charge in [0, 0.05) is 18.3 Å². The Morgan fingerprint density at radius 1 is 1.15 bits per heavy atom. The van der Waals surface area contributed by atoms with Crippen molar-refractivity contribution in [2.75, 3.05) is 20.7 Å². The fourth-order valence-corrected chi connectivity index (χ4v) is 8.00. The molecule has 0 bridgehead atoms. The normalized spacial score (nSPS) is 39.4. The summed E-state index contributed by atoms with van der Waals surface area (Å²) in [5.41, 5.74) is 1.62. The molecule has 1 aromatic heterocycles. The average molecular weight is 456 g/mol. The number of nitrogens with zero attached hydrogens (tertiary/aromatic N) is 3. The molecule has 4 saturated carbocycles. The molecule has 4 unspecified atom stereocenters. The Hall–Kier alpha value is -1.69. The standard InChI is InChI=1S/C27H41N3O3/c1-26-12-9-19(29-32-14-11-20-16-28-25(33-20)17-30(3)4)15-18(26)5-6-21-22-7-8-24(31)27(22,2)13-10-23(21)26/h16,18,21-23H,5-15,17H2,1-4H3/t18?,21?,22?,23?,26-,27-/m0/s1. The number of hydrogen-bond donors (Lipinski definition) is 0. The monoisotopic (exact) mass is 455 g/mol. The van der Waals surface area contributed by atoms with Gasteiger partial charge < -0.3 is 14.2 Å². The smallest absolute Gasteiger partial charge is 0.208 e. The molecule has 182 valence electrons. The van der Waals surface area contributed by atoms with Crippen molar-refractivity contribution < 1.29 is 14.0 Å². The minimum atomic E-state index is -0.0176. The number of fused-ring (bicyclic) bond motifs is 5. The molecule has 0 aliphatic heterocycles. The summed E-state index contributed by atoms with van der Waals surface area (Å²) in [6.45, 7) is 6.08. The fourth-order valence-electron chi connectivity index (χ4n) is 8.00. The van der Waals surface area contributed by atoms with E-state index in [9.17, 15) is 4.79 Å². The number of carbonyl (C=O) groups is 1. The second kappa shape index (κ2) is 8.83. The summed E-state index contributed by atoms with van der Waals surface area (Å²) in [5, 5.41) is 4.56. The van der Waals surface area contributed by atoms with E-state index in [1.165, 1.54) is 31.4 Å². The zero-order chi connectivity index (χ0) is 23.2. The van der Waals surface area contributed by atoms with Gasteiger partial charge in [-0.2, -0.15) is 0 Å². The van der Waals surface area contributed by atoms with Gasteiger partial charge in [0.2, 0.25) is 5.89 Å². The van der Waals surface area contributed by atoms with Crippen LogP contribution in [0.3, 0.4) is 0 Å². The number of aromatic nitrogens is 1. The van der Waals surface area contributed by atoms with Gasteiger partial charge >= 0.3 is 0 Å². The summed E-state index contributed by atoms with van der Waals surface area (Å²) in [7, 11) is 4.01. The summed E-state index contributed by atoms with van der Waals surface area (Å²) >= 11 is 0. The Morgan fingerprint density at radius 2 is 2.00 bits per heavy atom. The van der Waals surface area contributed by atoms with E-state index in [1.807, 2.05) is 19.0 Å². The lowest BCUT2D eigenvalue weighted by atomic mass is 9.45. The first-order valence-electron chi connectivity index (χ1n) is 13.1. The van der Waals surface area contributed by atoms with Crippen LogP contribution in [-0.4, -0.2) is 42.1 Å². The van der Waals surface area contributed by atoms with Gasteiger partial charge in [-0.3, -0.25) is 4.79 Å². The van der Waals surface area contributed by atoms with Crippen LogP contribution in [-0.2, 0) is 22.6 Å². The lowest BCUT2D eigenvalue weighted by Gasteiger charge is -2.59. The van der Waals surface area contributed by atoms with Gasteiger partial charge in [-0.1, -0.05) is 19.0 Å². The van der Waals surface area contributed by atoms with Crippen molar-refractivity contribution in [2.24, 2.45) is 39.7 Å². The number of rotatable bonds is 6. The minimum Gasteiger partial charge on any atom is -0.444 e. The van der Waals surface area contributed by atoms with Crippen LogP contribution >= 0.6 is 0 Å². The molecule has 0 saturated heterocycles. The molecule has 33 heavy (non-hydrogen) atoms. The van der Waals surface area contributed by atoms with Crippen LogP contribution in [0.15, 0.2) is 15.8 Å². The summed E-state index contributed by atoms with van der Waals surface area (Å²) in [6, 6.07) is 0. The van der Waals surface area contributed by atoms with E-state index in [1.54, 1.807) is 6.20 Å². The van der Waals surface area contributed by atoms with Gasteiger partial charge in [0.15, 0.2) is 0 Å². The molecular formula is C27H41N3O3. The largest absolute Gasteiger partial charge is 0.444 e. The fraction of sp³-hybridized carbons (Fsp3) is 0.815. The molecule has 6 nitrogen and oxygen atoms in total. The second-order valence-corrected chi connectivity index (χ2v) is 12.0. The first-order chi connectivity index (χ1) is 15.8. The topological polar surface area (TPSA) is 67.9 Å². The van der Waals surface area contributed by atoms with Gasteiger partial charge in [-0.15, -0.1) is 0 Å². The van der Waals surface area contributed by atoms with E-state index < -0.39 is 0 Å². The van der Waals surface area contributed by atoms with Gasteiger partial charge in [0.1, 0.15) is 18.2 Å². The molecule has 0 radical (unpaired) electrons. The summed E-state index contributed by atoms with van der Waals surface area (Å²) in [6.07, 6.45) is 12.7. The van der Waals surface area contributed by atoms with E-state index in [2.05, 4.69) is 24.0 Å². The molecule has 0 amide bonds. The molecule has 1 heterocycles. The van der Waals surface area contributed by atoms with E-state index in [-0.39, 0.29) is 5.41 Å². The highest BCUT2D eigenvalue weighted by Gasteiger charge is 2.60. The molecule has 5 rings (SSSR count). The van der Waals surface area contributed by atoms with Gasteiger partial charge in [0.25, 0.3) is 0 Å². The Labute approximate surface area is 198 Å². The molecule has 0 spiro atoms. The van der Waals surface area contributed by atoms with Gasteiger partial charge in [-0.25, -0.2) is 4.98 Å². The first-order valence-corrected chi connectivity index (χ1v) is 13.1. The van der Waals surface area contributed by atoms with E-state index in [4.69, 9.17) is 9.25 Å². The van der Waals surface area contributed by atoms with Crippen LogP contribution in [0.25, 0.3) is 0 Å². The Balaban J connectivity index is 1.16. The maximum atomic E-state index is 12.6. The maximum Gasteiger partial charge on any atom is 0.208 e. The number of Topliss-reactive ketones (excluding diaryl/α,β-unsaturated/α-hetero) is 1. The van der Waals surface area contributed by atoms with Crippen molar-refractivity contribution in [3.63, 3.8) is 0 Å². The predicted octanol–water partition coefficient (Wildman–Crippen LogP) is 5.26. The van der Waals surface area contributed by atoms with Crippen molar-refractivity contribution in [1.29, 1.82) is 0 Å². The average Bonchev–Trinajstić information content (AvgIpc) is 3.34. The lowest BCUT2D eigenvalue weighted by molar-refractivity contribution is -0.137. The zero-order valence-electron chi connectivity index (χ0n) is 20.9. The highest BCUT2D eigenvalue weighted by atomic mass is 16.6. The highest BCUT2D eigenvalue weighted by molar-refractivity contribution is 5.87. The van der Waals surface area contributed by atoms with E-state index >= 15 is 0 Å². The molecule has 4 aliphatic rings. The zero-order valence-corrected chi connectivity index (χ0v) is 20.9. The third-order valence-electron chi connectivity index (χ3n) is 9.89. The van der Waals surface area contributed by atoms with Crippen LogP contribution in [0.2, 0.25) is 0 Å². The van der Waals surface area contributed by atoms with Crippen molar-refractivity contribution in [3.05, 3.63) is 17.8 Å². The number of hydrogen-bond acceptors (Lipinski definition) is 6. The number of oxime groups is 1. The molecule has 6 heteroatoms. The molecule has 6 atom stereocenters. The third kappa shape index (κ3) is 4.17. The molecule has 0 N–H and O–H groups in total. The minimum absolute atomic E-state index is 0.0176. The highest BCUT2D eigenvalue weighted by Crippen LogP contribution is 2.65. The van der Waals surface area contributed by atoms with E-state index in [0.717, 1.165) is 55.6 Å². The van der Waals surface area contributed by atoms with E-state index in [0.29, 0.717) is 42.6 Å². The number of ketones is 1. The third-order valence-corrected chi connectivity index (χ3v) is 9.89. The SMILES string of the molecule is CN(C)Cc1ncc(CCON=C2CC[C@@]3(C)C(CCC4C3CC[C@]3(C)C(=O)CCC43)C2)o1.